The Kier molecular flexibility index (Phi) is 5.18. The molecular formula is C21H19F3N4O3. The normalized spacial score (nSPS) is 15.4. The summed E-state index contributed by atoms with van der Waals surface area (Å²) < 4.78 is 49.5. The van der Waals surface area contributed by atoms with E-state index in [0.717, 1.165) is 6.07 Å². The number of anilines is 2. The van der Waals surface area contributed by atoms with E-state index in [4.69, 9.17) is 15.0 Å². The SMILES string of the molecule is CC1(c2cc(NC(=O)Cc3ccc(-c4cnc(N)c(C(F)(F)F)c4)cc3)on2)COC1. The first-order valence-corrected chi connectivity index (χ1v) is 9.41. The monoisotopic (exact) mass is 432 g/mol. The number of halogens is 3. The molecule has 0 saturated carbocycles. The minimum atomic E-state index is -4.59. The molecule has 1 aliphatic heterocycles. The molecule has 0 bridgehead atoms. The van der Waals surface area contributed by atoms with Crippen molar-refractivity contribution < 1.29 is 27.2 Å². The first kappa shape index (κ1) is 20.9. The molecule has 0 radical (unpaired) electrons. The zero-order valence-electron chi connectivity index (χ0n) is 16.5. The number of pyridine rings is 1. The maximum absolute atomic E-state index is 13.0. The number of nitrogens with zero attached hydrogens (tertiary/aromatic N) is 2. The Hall–Kier alpha value is -3.40. The Morgan fingerprint density at radius 2 is 1.90 bits per heavy atom. The van der Waals surface area contributed by atoms with Crippen LogP contribution < -0.4 is 11.1 Å². The quantitative estimate of drug-likeness (QED) is 0.636. The summed E-state index contributed by atoms with van der Waals surface area (Å²) in [6.07, 6.45) is -3.25. The Bertz CT molecular complexity index is 1110. The van der Waals surface area contributed by atoms with Crippen molar-refractivity contribution in [2.75, 3.05) is 24.3 Å². The highest BCUT2D eigenvalue weighted by molar-refractivity contribution is 5.91. The summed E-state index contributed by atoms with van der Waals surface area (Å²) in [4.78, 5) is 15.9. The molecule has 3 aromatic rings. The van der Waals surface area contributed by atoms with Gasteiger partial charge in [0.05, 0.1) is 36.3 Å². The maximum atomic E-state index is 13.0. The summed E-state index contributed by atoms with van der Waals surface area (Å²) in [6.45, 7) is 3.09. The van der Waals surface area contributed by atoms with Crippen LogP contribution >= 0.6 is 0 Å². The van der Waals surface area contributed by atoms with Gasteiger partial charge in [0.2, 0.25) is 11.8 Å². The summed E-state index contributed by atoms with van der Waals surface area (Å²) in [5, 5.41) is 6.63. The van der Waals surface area contributed by atoms with Crippen LogP contribution in [0.4, 0.5) is 24.9 Å². The molecule has 31 heavy (non-hydrogen) atoms. The fourth-order valence-electron chi connectivity index (χ4n) is 3.22. The van der Waals surface area contributed by atoms with Crippen LogP contribution in [0.2, 0.25) is 0 Å². The highest BCUT2D eigenvalue weighted by atomic mass is 19.4. The molecule has 4 rings (SSSR count). The van der Waals surface area contributed by atoms with Gasteiger partial charge in [-0.15, -0.1) is 0 Å². The topological polar surface area (TPSA) is 103 Å². The van der Waals surface area contributed by atoms with E-state index < -0.39 is 17.6 Å². The van der Waals surface area contributed by atoms with E-state index >= 15 is 0 Å². The molecule has 162 valence electrons. The molecule has 3 heterocycles. The number of rotatable bonds is 5. The molecule has 1 fully saturated rings. The second kappa shape index (κ2) is 7.69. The fourth-order valence-corrected chi connectivity index (χ4v) is 3.22. The van der Waals surface area contributed by atoms with Crippen LogP contribution in [0.5, 0.6) is 0 Å². The van der Waals surface area contributed by atoms with E-state index in [1.807, 2.05) is 6.92 Å². The first-order chi connectivity index (χ1) is 14.6. The van der Waals surface area contributed by atoms with Crippen molar-refractivity contribution in [1.29, 1.82) is 0 Å². The molecule has 2 aromatic heterocycles. The number of hydrogen-bond acceptors (Lipinski definition) is 6. The van der Waals surface area contributed by atoms with E-state index in [0.29, 0.717) is 30.0 Å². The number of carbonyl (C=O) groups excluding carboxylic acids is 1. The van der Waals surface area contributed by atoms with Crippen LogP contribution in [0, 0.1) is 0 Å². The number of hydrogen-bond donors (Lipinski definition) is 2. The van der Waals surface area contributed by atoms with Crippen molar-refractivity contribution in [3.05, 3.63) is 59.4 Å². The van der Waals surface area contributed by atoms with Crippen LogP contribution in [0.1, 0.15) is 23.7 Å². The molecule has 0 unspecified atom stereocenters. The lowest BCUT2D eigenvalue weighted by molar-refractivity contribution is -0.137. The number of nitrogens with two attached hydrogens (primary N) is 1. The number of benzene rings is 1. The third-order valence-corrected chi connectivity index (χ3v) is 5.11. The number of carbonyl (C=O) groups is 1. The van der Waals surface area contributed by atoms with Gasteiger partial charge in [0.25, 0.3) is 0 Å². The summed E-state index contributed by atoms with van der Waals surface area (Å²) in [5.41, 5.74) is 6.35. The predicted octanol–water partition coefficient (Wildman–Crippen LogP) is 3.81. The molecule has 1 saturated heterocycles. The number of nitrogens with one attached hydrogen (secondary N) is 1. The van der Waals surface area contributed by atoms with E-state index in [1.165, 1.54) is 6.20 Å². The van der Waals surface area contributed by atoms with Crippen molar-refractivity contribution in [2.45, 2.75) is 24.9 Å². The standard InChI is InChI=1S/C21H19F3N4O3/c1-20(10-30-11-20)16-8-18(31-28-16)27-17(29)6-12-2-4-13(5-3-12)14-7-15(21(22,23)24)19(25)26-9-14/h2-5,7-9H,6,10-11H2,1H3,(H2,25,26)(H,27,29). The molecular weight excluding hydrogens is 413 g/mol. The average molecular weight is 432 g/mol. The third-order valence-electron chi connectivity index (χ3n) is 5.11. The van der Waals surface area contributed by atoms with E-state index in [1.54, 1.807) is 30.3 Å². The number of amides is 1. The van der Waals surface area contributed by atoms with Gasteiger partial charge in [-0.05, 0) is 24.1 Å². The first-order valence-electron chi connectivity index (χ1n) is 9.41. The van der Waals surface area contributed by atoms with Gasteiger partial charge in [-0.25, -0.2) is 4.98 Å². The summed E-state index contributed by atoms with van der Waals surface area (Å²) in [6, 6.07) is 9.21. The minimum absolute atomic E-state index is 0.0600. The Morgan fingerprint density at radius 1 is 1.19 bits per heavy atom. The van der Waals surface area contributed by atoms with Crippen LogP contribution in [-0.4, -0.2) is 29.3 Å². The van der Waals surface area contributed by atoms with Gasteiger partial charge in [-0.1, -0.05) is 29.4 Å². The second-order valence-electron chi connectivity index (χ2n) is 7.71. The molecule has 3 N–H and O–H groups in total. The minimum Gasteiger partial charge on any atom is -0.383 e. The summed E-state index contributed by atoms with van der Waals surface area (Å²) in [5.74, 6) is -0.629. The highest BCUT2D eigenvalue weighted by Gasteiger charge is 2.38. The summed E-state index contributed by atoms with van der Waals surface area (Å²) in [7, 11) is 0. The van der Waals surface area contributed by atoms with Crippen molar-refractivity contribution in [1.82, 2.24) is 10.1 Å². The van der Waals surface area contributed by atoms with Gasteiger partial charge in [0.15, 0.2) is 0 Å². The van der Waals surface area contributed by atoms with Gasteiger partial charge >= 0.3 is 6.18 Å². The lowest BCUT2D eigenvalue weighted by Gasteiger charge is -2.35. The lowest BCUT2D eigenvalue weighted by atomic mass is 9.85. The fraction of sp³-hybridized carbons (Fsp3) is 0.286. The second-order valence-corrected chi connectivity index (χ2v) is 7.71. The van der Waals surface area contributed by atoms with E-state index in [9.17, 15) is 18.0 Å². The van der Waals surface area contributed by atoms with Gasteiger partial charge in [-0.2, -0.15) is 13.2 Å². The summed E-state index contributed by atoms with van der Waals surface area (Å²) >= 11 is 0. The number of nitrogen functional groups attached to an aromatic ring is 1. The van der Waals surface area contributed by atoms with Gasteiger partial charge in [0.1, 0.15) is 5.82 Å². The molecule has 1 aliphatic rings. The van der Waals surface area contributed by atoms with Crippen molar-refractivity contribution in [2.24, 2.45) is 0 Å². The van der Waals surface area contributed by atoms with Crippen LogP contribution in [0.25, 0.3) is 11.1 Å². The molecule has 0 aliphatic carbocycles. The Labute approximate surface area is 175 Å². The van der Waals surface area contributed by atoms with Crippen molar-refractivity contribution >= 4 is 17.6 Å². The lowest BCUT2D eigenvalue weighted by Crippen LogP contribution is -2.44. The van der Waals surface area contributed by atoms with E-state index in [-0.39, 0.29) is 29.2 Å². The molecule has 7 nitrogen and oxygen atoms in total. The maximum Gasteiger partial charge on any atom is 0.419 e. The Morgan fingerprint density at radius 3 is 2.52 bits per heavy atom. The largest absolute Gasteiger partial charge is 0.419 e. The molecule has 1 amide bonds. The van der Waals surface area contributed by atoms with Gasteiger partial charge in [-0.3, -0.25) is 10.1 Å². The molecule has 0 atom stereocenters. The van der Waals surface area contributed by atoms with Gasteiger partial charge in [0, 0.05) is 17.8 Å². The molecule has 0 spiro atoms. The molecule has 10 heteroatoms. The zero-order chi connectivity index (χ0) is 22.2. The van der Waals surface area contributed by atoms with E-state index in [2.05, 4.69) is 15.5 Å². The third kappa shape index (κ3) is 4.38. The zero-order valence-corrected chi connectivity index (χ0v) is 16.5. The van der Waals surface area contributed by atoms with Crippen LogP contribution in [0.15, 0.2) is 47.1 Å². The highest BCUT2D eigenvalue weighted by Crippen LogP contribution is 2.35. The van der Waals surface area contributed by atoms with Crippen molar-refractivity contribution in [3.63, 3.8) is 0 Å². The van der Waals surface area contributed by atoms with Crippen LogP contribution in [0.3, 0.4) is 0 Å². The van der Waals surface area contributed by atoms with Crippen LogP contribution in [-0.2, 0) is 27.5 Å². The number of ether oxygens (including phenoxy) is 1. The Balaban J connectivity index is 1.41. The predicted molar refractivity (Wildman–Crippen MR) is 106 cm³/mol. The average Bonchev–Trinajstić information content (AvgIpc) is 3.15. The smallest absolute Gasteiger partial charge is 0.383 e. The van der Waals surface area contributed by atoms with Crippen molar-refractivity contribution in [3.8, 4) is 11.1 Å². The molecule has 1 aromatic carbocycles. The number of aromatic nitrogens is 2. The van der Waals surface area contributed by atoms with Gasteiger partial charge < -0.3 is 15.0 Å². The number of alkyl halides is 3.